The number of amides is 4. The van der Waals surface area contributed by atoms with Crippen LogP contribution < -0.4 is 20.3 Å². The van der Waals surface area contributed by atoms with Gasteiger partial charge in [-0.2, -0.15) is 0 Å². The standard InChI is InChI=1S/C60H56N4O8/c1-39(42-19-9-3-10-20-42)62-59(70)63-49-34-29-41(28-27-40-17-7-2-8-18-40)37-48(49)60(58(63)69)51(56(67)61-38-50(66)43-21-11-4-12-22-43)53-57(68)72-54(45-25-15-6-16-26-45)52(44-23-13-5-14-24-44)64(53)55(60)46-30-32-47(33-31-46)71-36-35-65/h3-6,9-17,19-26,29-34,37,39,50-55,65-66H,2,7-8,18,35-36,38H2,1H3,(H,61,67)(H,62,70)/t39-,50+,51-,52-,53-,54+,55+,60-/m1/s1. The number of aliphatic hydroxyl groups is 2. The van der Waals surface area contributed by atoms with Gasteiger partial charge < -0.3 is 30.3 Å². The number of carbonyl (C=O) groups excluding carboxylic acids is 4. The molecule has 4 amide bonds. The molecule has 12 nitrogen and oxygen atoms in total. The monoisotopic (exact) mass is 960 g/mol. The normalized spacial score (nSPS) is 23.1. The number of hydrogen-bond acceptors (Lipinski definition) is 9. The molecule has 12 heteroatoms. The van der Waals surface area contributed by atoms with Crippen LogP contribution in [0.25, 0.3) is 0 Å². The van der Waals surface area contributed by atoms with E-state index in [0.717, 1.165) is 47.3 Å². The summed E-state index contributed by atoms with van der Waals surface area (Å²) in [6, 6.07) is 45.0. The summed E-state index contributed by atoms with van der Waals surface area (Å²) < 4.78 is 12.5. The van der Waals surface area contributed by atoms with Crippen molar-refractivity contribution < 1.29 is 38.9 Å². The zero-order valence-corrected chi connectivity index (χ0v) is 39.9. The Morgan fingerprint density at radius 3 is 2.08 bits per heavy atom. The Labute approximate surface area is 419 Å². The number of benzene rings is 6. The summed E-state index contributed by atoms with van der Waals surface area (Å²) in [4.78, 5) is 66.4. The van der Waals surface area contributed by atoms with Gasteiger partial charge in [0.05, 0.1) is 42.4 Å². The lowest BCUT2D eigenvalue weighted by atomic mass is 9.65. The van der Waals surface area contributed by atoms with Gasteiger partial charge in [-0.05, 0) is 102 Å². The highest BCUT2D eigenvalue weighted by Gasteiger charge is 2.75. The zero-order valence-electron chi connectivity index (χ0n) is 39.9. The quantitative estimate of drug-likeness (QED) is 0.0695. The lowest BCUT2D eigenvalue weighted by molar-refractivity contribution is -0.178. The lowest BCUT2D eigenvalue weighted by Gasteiger charge is -2.46. The maximum atomic E-state index is 16.7. The van der Waals surface area contributed by atoms with Crippen molar-refractivity contribution in [3.63, 3.8) is 0 Å². The molecule has 72 heavy (non-hydrogen) atoms. The summed E-state index contributed by atoms with van der Waals surface area (Å²) in [6.45, 7) is 1.40. The van der Waals surface area contributed by atoms with E-state index in [4.69, 9.17) is 9.47 Å². The van der Waals surface area contributed by atoms with E-state index in [1.807, 2.05) is 121 Å². The molecule has 0 radical (unpaired) electrons. The molecular weight excluding hydrogens is 905 g/mol. The number of morpholine rings is 1. The molecule has 4 N–H and O–H groups in total. The number of anilines is 1. The number of aliphatic hydroxyl groups excluding tert-OH is 2. The number of esters is 1. The van der Waals surface area contributed by atoms with Gasteiger partial charge >= 0.3 is 12.0 Å². The maximum Gasteiger partial charge on any atom is 0.329 e. The van der Waals surface area contributed by atoms with E-state index in [-0.39, 0.29) is 25.4 Å². The molecule has 3 heterocycles. The predicted molar refractivity (Wildman–Crippen MR) is 272 cm³/mol. The van der Waals surface area contributed by atoms with Crippen molar-refractivity contribution in [2.45, 2.75) is 74.4 Å². The largest absolute Gasteiger partial charge is 0.491 e. The molecule has 364 valence electrons. The molecule has 0 bridgehead atoms. The van der Waals surface area contributed by atoms with Crippen LogP contribution in [0, 0.1) is 17.8 Å². The van der Waals surface area contributed by atoms with Gasteiger partial charge in [0.15, 0.2) is 0 Å². The average Bonchev–Trinajstić information content (AvgIpc) is 3.89. The number of fused-ring (bicyclic) bond motifs is 3. The van der Waals surface area contributed by atoms with Gasteiger partial charge in [0, 0.05) is 12.1 Å². The molecule has 6 aromatic rings. The molecule has 2 fully saturated rings. The SMILES string of the molecule is C[C@@H](NC(=O)N1C(=O)[C@@]2(c3cc(C#CC4=CCCCC4)ccc31)[C@H](c1ccc(OCCO)cc1)N1[C@H](c3ccccc3)[C@H](c3ccccc3)OC(=O)[C@H]1[C@@H]2C(=O)NC[C@H](O)c1ccccc1)c1ccccc1. The third-order valence-corrected chi connectivity index (χ3v) is 14.5. The molecule has 10 rings (SSSR count). The number of nitrogens with one attached hydrogen (secondary N) is 2. The van der Waals surface area contributed by atoms with Crippen LogP contribution in [-0.4, -0.2) is 64.7 Å². The first-order chi connectivity index (χ1) is 35.2. The number of imide groups is 1. The third kappa shape index (κ3) is 8.96. The minimum atomic E-state index is -2.04. The van der Waals surface area contributed by atoms with E-state index < -0.39 is 71.5 Å². The number of cyclic esters (lactones) is 1. The van der Waals surface area contributed by atoms with E-state index in [2.05, 4.69) is 28.6 Å². The van der Waals surface area contributed by atoms with Gasteiger partial charge in [0.25, 0.3) is 0 Å². The molecule has 0 aromatic heterocycles. The summed E-state index contributed by atoms with van der Waals surface area (Å²) in [5.41, 5.74) is 3.45. The lowest BCUT2D eigenvalue weighted by Crippen LogP contribution is -2.56. The number of allylic oxidation sites excluding steroid dienone is 2. The van der Waals surface area contributed by atoms with E-state index in [0.29, 0.717) is 33.6 Å². The van der Waals surface area contributed by atoms with E-state index in [1.54, 1.807) is 54.6 Å². The number of rotatable bonds is 12. The summed E-state index contributed by atoms with van der Waals surface area (Å²) in [6.07, 6.45) is 3.96. The molecule has 3 aliphatic heterocycles. The predicted octanol–water partition coefficient (Wildman–Crippen LogP) is 8.90. The number of urea groups is 1. The maximum absolute atomic E-state index is 16.7. The van der Waals surface area contributed by atoms with Crippen molar-refractivity contribution in [2.24, 2.45) is 5.92 Å². The second kappa shape index (κ2) is 20.9. The second-order valence-electron chi connectivity index (χ2n) is 18.8. The van der Waals surface area contributed by atoms with E-state index >= 15 is 19.2 Å². The van der Waals surface area contributed by atoms with Crippen molar-refractivity contribution in [1.29, 1.82) is 0 Å². The van der Waals surface area contributed by atoms with Crippen molar-refractivity contribution in [3.05, 3.63) is 214 Å². The van der Waals surface area contributed by atoms with Gasteiger partial charge in [0.1, 0.15) is 29.9 Å². The minimum absolute atomic E-state index is 0.0384. The third-order valence-electron chi connectivity index (χ3n) is 14.5. The summed E-state index contributed by atoms with van der Waals surface area (Å²) >= 11 is 0. The molecule has 1 spiro atoms. The molecule has 1 aliphatic carbocycles. The van der Waals surface area contributed by atoms with Gasteiger partial charge in [-0.1, -0.05) is 151 Å². The molecule has 4 aliphatic rings. The van der Waals surface area contributed by atoms with Gasteiger partial charge in [-0.25, -0.2) is 9.69 Å². The Kier molecular flexibility index (Phi) is 13.9. The first-order valence-electron chi connectivity index (χ1n) is 24.7. The number of carbonyl (C=O) groups is 4. The number of ether oxygens (including phenoxy) is 2. The van der Waals surface area contributed by atoms with Gasteiger partial charge in [-0.15, -0.1) is 0 Å². The van der Waals surface area contributed by atoms with Crippen LogP contribution in [0.2, 0.25) is 0 Å². The van der Waals surface area contributed by atoms with Crippen molar-refractivity contribution in [3.8, 4) is 17.6 Å². The first-order valence-corrected chi connectivity index (χ1v) is 24.7. The highest BCUT2D eigenvalue weighted by Crippen LogP contribution is 2.66. The Morgan fingerprint density at radius 2 is 1.43 bits per heavy atom. The second-order valence-corrected chi connectivity index (χ2v) is 18.8. The summed E-state index contributed by atoms with van der Waals surface area (Å²) in [5.74, 6) is 3.44. The fourth-order valence-corrected chi connectivity index (χ4v) is 11.2. The van der Waals surface area contributed by atoms with Crippen molar-refractivity contribution in [2.75, 3.05) is 24.7 Å². The Bertz CT molecular complexity index is 3030. The van der Waals surface area contributed by atoms with Crippen LogP contribution in [0.15, 0.2) is 175 Å². The Morgan fingerprint density at radius 1 is 0.778 bits per heavy atom. The van der Waals surface area contributed by atoms with Crippen LogP contribution in [0.5, 0.6) is 5.75 Å². The van der Waals surface area contributed by atoms with E-state index in [9.17, 15) is 10.2 Å². The smallest absolute Gasteiger partial charge is 0.329 e. The average molecular weight is 961 g/mol. The Balaban J connectivity index is 1.23. The van der Waals surface area contributed by atoms with Crippen LogP contribution in [-0.2, 0) is 24.5 Å². The topological polar surface area (TPSA) is 158 Å². The first kappa shape index (κ1) is 47.8. The Hall–Kier alpha value is -7.82. The molecule has 6 aromatic carbocycles. The fraction of sp³-hybridized carbons (Fsp3) is 0.267. The van der Waals surface area contributed by atoms with E-state index in [1.165, 1.54) is 0 Å². The molecule has 0 saturated carbocycles. The number of hydrogen-bond donors (Lipinski definition) is 4. The van der Waals surface area contributed by atoms with Gasteiger partial charge in [-0.3, -0.25) is 19.3 Å². The molecular formula is C60H56N4O8. The van der Waals surface area contributed by atoms with Crippen molar-refractivity contribution >= 4 is 29.5 Å². The molecule has 8 atom stereocenters. The van der Waals surface area contributed by atoms with Gasteiger partial charge in [0.2, 0.25) is 11.8 Å². The number of nitrogens with zero attached hydrogens (tertiary/aromatic N) is 2. The molecule has 2 saturated heterocycles. The zero-order chi connectivity index (χ0) is 49.8. The fourth-order valence-electron chi connectivity index (χ4n) is 11.2. The van der Waals surface area contributed by atoms with Crippen LogP contribution >= 0.6 is 0 Å². The minimum Gasteiger partial charge on any atom is -0.491 e. The highest BCUT2D eigenvalue weighted by atomic mass is 16.6. The van der Waals surface area contributed by atoms with Crippen molar-refractivity contribution in [1.82, 2.24) is 15.5 Å². The van der Waals surface area contributed by atoms with Crippen LogP contribution in [0.4, 0.5) is 10.5 Å². The van der Waals surface area contributed by atoms with Crippen LogP contribution in [0.3, 0.4) is 0 Å². The summed E-state index contributed by atoms with van der Waals surface area (Å²) in [5, 5.41) is 27.3. The van der Waals surface area contributed by atoms with Crippen LogP contribution in [0.1, 0.15) is 102 Å². The highest BCUT2D eigenvalue weighted by molar-refractivity contribution is 6.24. The summed E-state index contributed by atoms with van der Waals surface area (Å²) in [7, 11) is 0. The molecule has 0 unspecified atom stereocenters.